The fourth-order valence-electron chi connectivity index (χ4n) is 5.08. The normalized spacial score (nSPS) is 20.3. The van der Waals surface area contributed by atoms with Crippen LogP contribution in [0.1, 0.15) is 36.9 Å². The highest BCUT2D eigenvalue weighted by Gasteiger charge is 2.42. The minimum atomic E-state index is -0.956. The molecular formula is C28H32ClN3O5. The van der Waals surface area contributed by atoms with Crippen molar-refractivity contribution in [1.29, 1.82) is 0 Å². The predicted molar refractivity (Wildman–Crippen MR) is 140 cm³/mol. The van der Waals surface area contributed by atoms with Crippen molar-refractivity contribution in [2.75, 3.05) is 39.4 Å². The van der Waals surface area contributed by atoms with Gasteiger partial charge in [-0.05, 0) is 62.1 Å². The van der Waals surface area contributed by atoms with Gasteiger partial charge in [0.25, 0.3) is 0 Å². The molecule has 0 unspecified atom stereocenters. The van der Waals surface area contributed by atoms with Crippen LogP contribution in [0.25, 0.3) is 11.0 Å². The number of para-hydroxylation sites is 1. The Morgan fingerprint density at radius 3 is 2.68 bits per heavy atom. The van der Waals surface area contributed by atoms with E-state index in [0.717, 1.165) is 43.3 Å². The summed E-state index contributed by atoms with van der Waals surface area (Å²) in [4.78, 5) is 30.3. The average Bonchev–Trinajstić information content (AvgIpc) is 3.32. The first-order valence-corrected chi connectivity index (χ1v) is 13.2. The number of aromatic nitrogens is 1. The Kier molecular flexibility index (Phi) is 7.67. The molecule has 3 heterocycles. The first-order valence-electron chi connectivity index (χ1n) is 12.8. The largest absolute Gasteiger partial charge is 0.490 e. The van der Waals surface area contributed by atoms with E-state index < -0.39 is 5.60 Å². The standard InChI is InChI=1S/C28H32ClN3O5/c1-20-15-21(9-10-23(20)29)35-19-28(17-27(34)31-11-5-2-6-12-31)18-32(13-14-36-28)26(33)16-24-22-7-3-4-8-25(22)37-30-24/h3-4,7-10,15H,2,5-6,11-14,16-19H2,1H3/t28-/m0/s1. The third-order valence-electron chi connectivity index (χ3n) is 7.19. The molecule has 5 rings (SSSR count). The lowest BCUT2D eigenvalue weighted by Gasteiger charge is -2.43. The third-order valence-corrected chi connectivity index (χ3v) is 7.61. The molecule has 0 N–H and O–H groups in total. The third kappa shape index (κ3) is 5.91. The number of amides is 2. The van der Waals surface area contributed by atoms with Crippen molar-refractivity contribution >= 4 is 34.4 Å². The van der Waals surface area contributed by atoms with E-state index in [-0.39, 0.29) is 37.8 Å². The van der Waals surface area contributed by atoms with Gasteiger partial charge in [-0.25, -0.2) is 0 Å². The monoisotopic (exact) mass is 525 g/mol. The van der Waals surface area contributed by atoms with Gasteiger partial charge < -0.3 is 23.8 Å². The van der Waals surface area contributed by atoms with Gasteiger partial charge in [0.1, 0.15) is 23.7 Å². The van der Waals surface area contributed by atoms with Gasteiger partial charge in [-0.3, -0.25) is 9.59 Å². The molecule has 3 aromatic rings. The van der Waals surface area contributed by atoms with Crippen LogP contribution in [0.5, 0.6) is 5.75 Å². The lowest BCUT2D eigenvalue weighted by atomic mass is 9.95. The number of aryl methyl sites for hydroxylation is 1. The Morgan fingerprint density at radius 2 is 1.86 bits per heavy atom. The van der Waals surface area contributed by atoms with Crippen LogP contribution in [0, 0.1) is 6.92 Å². The molecule has 0 radical (unpaired) electrons. The number of carbonyl (C=O) groups is 2. The van der Waals surface area contributed by atoms with Gasteiger partial charge >= 0.3 is 0 Å². The first kappa shape index (κ1) is 25.5. The summed E-state index contributed by atoms with van der Waals surface area (Å²) >= 11 is 6.17. The summed E-state index contributed by atoms with van der Waals surface area (Å²) in [6.07, 6.45) is 3.43. The maximum absolute atomic E-state index is 13.4. The molecule has 1 aromatic heterocycles. The Labute approximate surface area is 221 Å². The highest BCUT2D eigenvalue weighted by Crippen LogP contribution is 2.28. The van der Waals surface area contributed by atoms with E-state index in [0.29, 0.717) is 35.2 Å². The fourth-order valence-corrected chi connectivity index (χ4v) is 5.19. The molecule has 9 heteroatoms. The van der Waals surface area contributed by atoms with E-state index in [4.69, 9.17) is 25.6 Å². The van der Waals surface area contributed by atoms with Crippen LogP contribution in [0.4, 0.5) is 0 Å². The molecule has 2 aromatic carbocycles. The van der Waals surface area contributed by atoms with Crippen LogP contribution in [0.3, 0.4) is 0 Å². The minimum absolute atomic E-state index is 0.0346. The highest BCUT2D eigenvalue weighted by atomic mass is 35.5. The van der Waals surface area contributed by atoms with Crippen LogP contribution < -0.4 is 4.74 Å². The number of likely N-dealkylation sites (tertiary alicyclic amines) is 1. The number of hydrogen-bond acceptors (Lipinski definition) is 6. The number of hydrogen-bond donors (Lipinski definition) is 0. The van der Waals surface area contributed by atoms with E-state index >= 15 is 0 Å². The maximum atomic E-state index is 13.4. The van der Waals surface area contributed by atoms with Gasteiger partial charge in [0.05, 0.1) is 26.0 Å². The van der Waals surface area contributed by atoms with Crippen molar-refractivity contribution < 1.29 is 23.6 Å². The van der Waals surface area contributed by atoms with Gasteiger partial charge in [0, 0.05) is 30.0 Å². The zero-order chi connectivity index (χ0) is 25.8. The Balaban J connectivity index is 1.33. The van der Waals surface area contributed by atoms with Crippen molar-refractivity contribution in [3.8, 4) is 5.75 Å². The van der Waals surface area contributed by atoms with Crippen LogP contribution in [0.15, 0.2) is 47.0 Å². The van der Waals surface area contributed by atoms with Gasteiger partial charge in [0.2, 0.25) is 11.8 Å². The summed E-state index contributed by atoms with van der Waals surface area (Å²) in [6.45, 7) is 4.59. The maximum Gasteiger partial charge on any atom is 0.228 e. The SMILES string of the molecule is Cc1cc(OC[C@]2(CC(=O)N3CCCCC3)CN(C(=O)Cc3noc4ccccc34)CCO2)ccc1Cl. The average molecular weight is 526 g/mol. The van der Waals surface area contributed by atoms with Gasteiger partial charge in [-0.1, -0.05) is 28.9 Å². The molecule has 0 saturated carbocycles. The minimum Gasteiger partial charge on any atom is -0.490 e. The second-order valence-corrected chi connectivity index (χ2v) is 10.4. The molecule has 2 amide bonds. The number of morpholine rings is 1. The summed E-state index contributed by atoms with van der Waals surface area (Å²) in [6, 6.07) is 13.0. The Bertz CT molecular complexity index is 1270. The first-order chi connectivity index (χ1) is 17.9. The predicted octanol–water partition coefficient (Wildman–Crippen LogP) is 4.41. The number of halogens is 1. The van der Waals surface area contributed by atoms with Gasteiger partial charge in [-0.2, -0.15) is 0 Å². The molecule has 2 saturated heterocycles. The molecule has 0 spiro atoms. The highest BCUT2D eigenvalue weighted by molar-refractivity contribution is 6.31. The fraction of sp³-hybridized carbons (Fsp3) is 0.464. The van der Waals surface area contributed by atoms with Crippen molar-refractivity contribution in [3.63, 3.8) is 0 Å². The summed E-state index contributed by atoms with van der Waals surface area (Å²) in [5.74, 6) is 0.597. The van der Waals surface area contributed by atoms with Crippen molar-refractivity contribution in [2.24, 2.45) is 0 Å². The van der Waals surface area contributed by atoms with Crippen molar-refractivity contribution in [3.05, 3.63) is 58.7 Å². The van der Waals surface area contributed by atoms with Crippen LogP contribution in [-0.4, -0.2) is 71.8 Å². The molecule has 37 heavy (non-hydrogen) atoms. The number of rotatable bonds is 7. The molecule has 2 aliphatic rings. The summed E-state index contributed by atoms with van der Waals surface area (Å²) in [7, 11) is 0. The van der Waals surface area contributed by atoms with E-state index in [9.17, 15) is 9.59 Å². The second kappa shape index (κ2) is 11.1. The molecule has 2 aliphatic heterocycles. The smallest absolute Gasteiger partial charge is 0.228 e. The number of fused-ring (bicyclic) bond motifs is 1. The Hall–Kier alpha value is -3.10. The molecule has 8 nitrogen and oxygen atoms in total. The molecular weight excluding hydrogens is 494 g/mol. The van der Waals surface area contributed by atoms with E-state index in [1.165, 1.54) is 0 Å². The molecule has 2 fully saturated rings. The van der Waals surface area contributed by atoms with Crippen LogP contribution in [-0.2, 0) is 20.7 Å². The Morgan fingerprint density at radius 1 is 1.05 bits per heavy atom. The number of carbonyl (C=O) groups excluding carboxylic acids is 2. The lowest BCUT2D eigenvalue weighted by Crippen LogP contribution is -2.58. The van der Waals surface area contributed by atoms with Gasteiger partial charge in [0.15, 0.2) is 5.58 Å². The van der Waals surface area contributed by atoms with Crippen LogP contribution in [0.2, 0.25) is 5.02 Å². The zero-order valence-electron chi connectivity index (χ0n) is 21.1. The van der Waals surface area contributed by atoms with E-state index in [1.54, 1.807) is 17.0 Å². The van der Waals surface area contributed by atoms with E-state index in [2.05, 4.69) is 5.16 Å². The molecule has 1 atom stereocenters. The van der Waals surface area contributed by atoms with Crippen molar-refractivity contribution in [1.82, 2.24) is 15.0 Å². The summed E-state index contributed by atoms with van der Waals surface area (Å²) in [5.41, 5.74) is 1.20. The molecule has 0 bridgehead atoms. The lowest BCUT2D eigenvalue weighted by molar-refractivity contribution is -0.166. The number of nitrogens with zero attached hydrogens (tertiary/aromatic N) is 3. The van der Waals surface area contributed by atoms with E-state index in [1.807, 2.05) is 42.2 Å². The quantitative estimate of drug-likeness (QED) is 0.454. The van der Waals surface area contributed by atoms with Crippen LogP contribution >= 0.6 is 11.6 Å². The van der Waals surface area contributed by atoms with Gasteiger partial charge in [-0.15, -0.1) is 0 Å². The summed E-state index contributed by atoms with van der Waals surface area (Å²) < 4.78 is 17.8. The molecule has 196 valence electrons. The molecule has 0 aliphatic carbocycles. The zero-order valence-corrected chi connectivity index (χ0v) is 21.8. The number of ether oxygens (including phenoxy) is 2. The topological polar surface area (TPSA) is 85.1 Å². The number of piperidine rings is 1. The number of benzene rings is 2. The summed E-state index contributed by atoms with van der Waals surface area (Å²) in [5, 5.41) is 5.61. The van der Waals surface area contributed by atoms with Crippen molar-refractivity contribution in [2.45, 2.75) is 44.6 Å². The second-order valence-electron chi connectivity index (χ2n) is 9.97.